The van der Waals surface area contributed by atoms with Crippen molar-refractivity contribution in [3.05, 3.63) is 24.4 Å². The Morgan fingerprint density at radius 3 is 2.62 bits per heavy atom. The molecule has 24 heavy (non-hydrogen) atoms. The first-order valence-electron chi connectivity index (χ1n) is 8.16. The van der Waals surface area contributed by atoms with Crippen LogP contribution in [0.5, 0.6) is 0 Å². The predicted molar refractivity (Wildman–Crippen MR) is 87.1 cm³/mol. The van der Waals surface area contributed by atoms with Gasteiger partial charge in [-0.15, -0.1) is 0 Å². The largest absolute Gasteiger partial charge is 0.368 e. The van der Waals surface area contributed by atoms with E-state index in [1.165, 1.54) is 4.90 Å². The van der Waals surface area contributed by atoms with Crippen molar-refractivity contribution >= 4 is 17.6 Å². The number of amides is 2. The van der Waals surface area contributed by atoms with E-state index in [2.05, 4.69) is 9.88 Å². The predicted octanol–water partition coefficient (Wildman–Crippen LogP) is -0.372. The van der Waals surface area contributed by atoms with Crippen LogP contribution in [0.15, 0.2) is 24.4 Å². The standard InChI is InChI=1S/C16H22FN5O2/c17-12-9-13(16(18)24)22(10-12)15(23)11-20-5-7-21(8-6-20)14-3-1-2-4-19-14/h1-4,12-13H,5-11H2,(H2,18,24)/t12-,13+/m1/s1. The summed E-state index contributed by atoms with van der Waals surface area (Å²) in [6.07, 6.45) is 0.595. The molecule has 0 spiro atoms. The fourth-order valence-electron chi connectivity index (χ4n) is 3.29. The van der Waals surface area contributed by atoms with Crippen molar-refractivity contribution in [3.8, 4) is 0 Å². The molecule has 2 amide bonds. The Balaban J connectivity index is 1.52. The van der Waals surface area contributed by atoms with Crippen molar-refractivity contribution < 1.29 is 14.0 Å². The second kappa shape index (κ2) is 7.12. The molecule has 1 aromatic heterocycles. The Morgan fingerprint density at radius 2 is 2.00 bits per heavy atom. The van der Waals surface area contributed by atoms with E-state index in [0.717, 1.165) is 32.0 Å². The molecule has 0 aromatic carbocycles. The van der Waals surface area contributed by atoms with Crippen LogP contribution in [0.1, 0.15) is 6.42 Å². The number of hydrogen-bond acceptors (Lipinski definition) is 5. The molecule has 8 heteroatoms. The minimum absolute atomic E-state index is 0.00846. The number of carbonyl (C=O) groups excluding carboxylic acids is 2. The topological polar surface area (TPSA) is 82.8 Å². The second-order valence-corrected chi connectivity index (χ2v) is 6.25. The van der Waals surface area contributed by atoms with Crippen molar-refractivity contribution in [2.24, 2.45) is 5.73 Å². The Morgan fingerprint density at radius 1 is 1.25 bits per heavy atom. The molecule has 2 aliphatic rings. The average Bonchev–Trinajstić information content (AvgIpc) is 2.99. The van der Waals surface area contributed by atoms with Gasteiger partial charge >= 0.3 is 0 Å². The lowest BCUT2D eigenvalue weighted by Gasteiger charge is -2.36. The molecule has 7 nitrogen and oxygen atoms in total. The van der Waals surface area contributed by atoms with Gasteiger partial charge in [-0.3, -0.25) is 14.5 Å². The number of nitrogens with zero attached hydrogens (tertiary/aromatic N) is 4. The van der Waals surface area contributed by atoms with E-state index >= 15 is 0 Å². The van der Waals surface area contributed by atoms with Gasteiger partial charge in [-0.1, -0.05) is 6.07 Å². The molecule has 0 aliphatic carbocycles. The molecule has 2 atom stereocenters. The Kier molecular flexibility index (Phi) is 4.94. The summed E-state index contributed by atoms with van der Waals surface area (Å²) in [5, 5.41) is 0. The number of nitrogens with two attached hydrogens (primary N) is 1. The summed E-state index contributed by atoms with van der Waals surface area (Å²) in [5.74, 6) is 0.0609. The molecule has 2 fully saturated rings. The number of alkyl halides is 1. The number of primary amides is 1. The quantitative estimate of drug-likeness (QED) is 0.812. The fourth-order valence-corrected chi connectivity index (χ4v) is 3.29. The summed E-state index contributed by atoms with van der Waals surface area (Å²) in [7, 11) is 0. The monoisotopic (exact) mass is 335 g/mol. The molecule has 2 N–H and O–H groups in total. The average molecular weight is 335 g/mol. The first kappa shape index (κ1) is 16.6. The van der Waals surface area contributed by atoms with Gasteiger partial charge < -0.3 is 15.5 Å². The smallest absolute Gasteiger partial charge is 0.240 e. The summed E-state index contributed by atoms with van der Waals surface area (Å²) in [4.78, 5) is 33.6. The molecular formula is C16H22FN5O2. The highest BCUT2D eigenvalue weighted by Gasteiger charge is 2.39. The van der Waals surface area contributed by atoms with E-state index < -0.39 is 18.1 Å². The van der Waals surface area contributed by atoms with Crippen LogP contribution in [-0.2, 0) is 9.59 Å². The number of halogens is 1. The highest BCUT2D eigenvalue weighted by atomic mass is 19.1. The molecule has 0 radical (unpaired) electrons. The van der Waals surface area contributed by atoms with Crippen LogP contribution >= 0.6 is 0 Å². The van der Waals surface area contributed by atoms with Gasteiger partial charge in [0.1, 0.15) is 18.0 Å². The maximum absolute atomic E-state index is 13.5. The third-order valence-electron chi connectivity index (χ3n) is 4.60. The van der Waals surface area contributed by atoms with Gasteiger partial charge in [-0.25, -0.2) is 9.37 Å². The lowest BCUT2D eigenvalue weighted by Crippen LogP contribution is -2.52. The zero-order chi connectivity index (χ0) is 17.1. The van der Waals surface area contributed by atoms with E-state index in [4.69, 9.17) is 5.73 Å². The molecule has 2 aliphatic heterocycles. The molecule has 0 saturated carbocycles. The van der Waals surface area contributed by atoms with Crippen LogP contribution in [0.25, 0.3) is 0 Å². The number of carbonyl (C=O) groups is 2. The molecule has 0 bridgehead atoms. The fraction of sp³-hybridized carbons (Fsp3) is 0.562. The first-order chi connectivity index (χ1) is 11.5. The molecule has 2 saturated heterocycles. The third-order valence-corrected chi connectivity index (χ3v) is 4.60. The molecule has 130 valence electrons. The molecule has 1 aromatic rings. The van der Waals surface area contributed by atoms with Crippen molar-refractivity contribution in [2.75, 3.05) is 44.2 Å². The van der Waals surface area contributed by atoms with Gasteiger partial charge in [-0.2, -0.15) is 0 Å². The van der Waals surface area contributed by atoms with E-state index in [0.29, 0.717) is 0 Å². The third kappa shape index (κ3) is 3.64. The lowest BCUT2D eigenvalue weighted by atomic mass is 10.2. The van der Waals surface area contributed by atoms with Crippen LogP contribution in [0.3, 0.4) is 0 Å². The van der Waals surface area contributed by atoms with E-state index in [1.807, 2.05) is 23.1 Å². The zero-order valence-electron chi connectivity index (χ0n) is 13.5. The summed E-state index contributed by atoms with van der Waals surface area (Å²) < 4.78 is 13.5. The van der Waals surface area contributed by atoms with Gasteiger partial charge in [0.05, 0.1) is 13.1 Å². The summed E-state index contributed by atoms with van der Waals surface area (Å²) in [6, 6.07) is 4.97. The van der Waals surface area contributed by atoms with Gasteiger partial charge in [0.15, 0.2) is 0 Å². The number of hydrogen-bond donors (Lipinski definition) is 1. The lowest BCUT2D eigenvalue weighted by molar-refractivity contribution is -0.138. The number of anilines is 1. The molecule has 3 heterocycles. The van der Waals surface area contributed by atoms with Crippen molar-refractivity contribution in [1.29, 1.82) is 0 Å². The second-order valence-electron chi connectivity index (χ2n) is 6.25. The highest BCUT2D eigenvalue weighted by molar-refractivity contribution is 5.88. The van der Waals surface area contributed by atoms with Crippen LogP contribution in [0, 0.1) is 0 Å². The summed E-state index contributed by atoms with van der Waals surface area (Å²) in [5.41, 5.74) is 5.28. The van der Waals surface area contributed by atoms with E-state index in [1.54, 1.807) is 6.20 Å². The minimum Gasteiger partial charge on any atom is -0.368 e. The Labute approximate surface area is 140 Å². The number of aromatic nitrogens is 1. The van der Waals surface area contributed by atoms with Crippen LogP contribution in [0.4, 0.5) is 10.2 Å². The van der Waals surface area contributed by atoms with Crippen molar-refractivity contribution in [2.45, 2.75) is 18.6 Å². The first-order valence-corrected chi connectivity index (χ1v) is 8.16. The number of rotatable bonds is 4. The van der Waals surface area contributed by atoms with E-state index in [-0.39, 0.29) is 25.4 Å². The van der Waals surface area contributed by atoms with Gasteiger partial charge in [0.25, 0.3) is 0 Å². The molecular weight excluding hydrogens is 313 g/mol. The van der Waals surface area contributed by atoms with Gasteiger partial charge in [0, 0.05) is 38.8 Å². The van der Waals surface area contributed by atoms with Crippen LogP contribution in [-0.4, -0.2) is 78.1 Å². The SMILES string of the molecule is NC(=O)[C@@H]1C[C@@H](F)CN1C(=O)CN1CCN(c2ccccn2)CC1. The Hall–Kier alpha value is -2.22. The Bertz CT molecular complexity index is 591. The summed E-state index contributed by atoms with van der Waals surface area (Å²) >= 11 is 0. The van der Waals surface area contributed by atoms with Gasteiger partial charge in [-0.05, 0) is 12.1 Å². The molecule has 3 rings (SSSR count). The molecule has 0 unspecified atom stereocenters. The van der Waals surface area contributed by atoms with Crippen molar-refractivity contribution in [3.63, 3.8) is 0 Å². The van der Waals surface area contributed by atoms with Gasteiger partial charge in [0.2, 0.25) is 11.8 Å². The summed E-state index contributed by atoms with van der Waals surface area (Å²) in [6.45, 7) is 3.13. The maximum Gasteiger partial charge on any atom is 0.240 e. The zero-order valence-corrected chi connectivity index (χ0v) is 13.5. The van der Waals surface area contributed by atoms with Crippen molar-refractivity contribution in [1.82, 2.24) is 14.8 Å². The maximum atomic E-state index is 13.5. The number of pyridine rings is 1. The van der Waals surface area contributed by atoms with Crippen LogP contribution < -0.4 is 10.6 Å². The highest BCUT2D eigenvalue weighted by Crippen LogP contribution is 2.21. The normalized spacial score (nSPS) is 25.0. The number of likely N-dealkylation sites (tertiary alicyclic amines) is 1. The van der Waals surface area contributed by atoms with Crippen LogP contribution in [0.2, 0.25) is 0 Å². The number of piperazine rings is 1. The minimum atomic E-state index is -1.17. The van der Waals surface area contributed by atoms with E-state index in [9.17, 15) is 14.0 Å².